The number of benzene rings is 1. The Morgan fingerprint density at radius 1 is 1.37 bits per heavy atom. The van der Waals surface area contributed by atoms with E-state index in [1.807, 2.05) is 6.92 Å². The van der Waals surface area contributed by atoms with Gasteiger partial charge in [0, 0.05) is 12.5 Å². The third-order valence-electron chi connectivity index (χ3n) is 2.40. The summed E-state index contributed by atoms with van der Waals surface area (Å²) in [7, 11) is 1.23. The van der Waals surface area contributed by atoms with Crippen LogP contribution in [0.5, 0.6) is 11.5 Å². The first-order valence-corrected chi connectivity index (χ1v) is 6.12. The van der Waals surface area contributed by atoms with Crippen molar-refractivity contribution in [2.24, 2.45) is 0 Å². The van der Waals surface area contributed by atoms with Gasteiger partial charge in [-0.15, -0.1) is 0 Å². The number of ketones is 1. The lowest BCUT2D eigenvalue weighted by molar-refractivity contribution is -0.142. The SMILES string of the molecule is CCCC(=O)c1cc(Cl)c(OCC(=O)OC)cc1O. The van der Waals surface area contributed by atoms with Crippen LogP contribution in [-0.4, -0.2) is 30.6 Å². The Balaban J connectivity index is 2.90. The molecule has 6 heteroatoms. The third kappa shape index (κ3) is 4.13. The zero-order valence-electron chi connectivity index (χ0n) is 10.7. The summed E-state index contributed by atoms with van der Waals surface area (Å²) >= 11 is 5.93. The molecule has 0 atom stereocenters. The van der Waals surface area contributed by atoms with Crippen LogP contribution in [0.1, 0.15) is 30.1 Å². The highest BCUT2D eigenvalue weighted by molar-refractivity contribution is 6.32. The largest absolute Gasteiger partial charge is 0.507 e. The molecule has 0 aliphatic rings. The van der Waals surface area contributed by atoms with Crippen LogP contribution >= 0.6 is 11.6 Å². The lowest BCUT2D eigenvalue weighted by Crippen LogP contribution is -2.12. The highest BCUT2D eigenvalue weighted by atomic mass is 35.5. The Kier molecular flexibility index (Phi) is 5.63. The maximum absolute atomic E-state index is 11.7. The maximum Gasteiger partial charge on any atom is 0.343 e. The van der Waals surface area contributed by atoms with E-state index in [1.165, 1.54) is 19.2 Å². The van der Waals surface area contributed by atoms with Crippen molar-refractivity contribution in [1.29, 1.82) is 0 Å². The summed E-state index contributed by atoms with van der Waals surface area (Å²) < 4.78 is 9.50. The number of methoxy groups -OCH3 is 1. The molecule has 0 saturated carbocycles. The minimum atomic E-state index is -0.568. The van der Waals surface area contributed by atoms with Gasteiger partial charge < -0.3 is 14.6 Å². The topological polar surface area (TPSA) is 72.8 Å². The fourth-order valence-electron chi connectivity index (χ4n) is 1.43. The van der Waals surface area contributed by atoms with Gasteiger partial charge in [-0.1, -0.05) is 18.5 Å². The van der Waals surface area contributed by atoms with Gasteiger partial charge in [0.1, 0.15) is 11.5 Å². The molecular formula is C13H15ClO5. The predicted molar refractivity (Wildman–Crippen MR) is 69.9 cm³/mol. The molecule has 0 aliphatic carbocycles. The second-order valence-corrected chi connectivity index (χ2v) is 4.24. The fourth-order valence-corrected chi connectivity index (χ4v) is 1.65. The summed E-state index contributed by atoms with van der Waals surface area (Å²) in [6, 6.07) is 2.55. The Hall–Kier alpha value is -1.75. The van der Waals surface area contributed by atoms with Gasteiger partial charge in [-0.05, 0) is 12.5 Å². The molecule has 1 aromatic carbocycles. The van der Waals surface area contributed by atoms with Crippen molar-refractivity contribution >= 4 is 23.4 Å². The average Bonchev–Trinajstić information content (AvgIpc) is 2.39. The van der Waals surface area contributed by atoms with Crippen LogP contribution in [0.3, 0.4) is 0 Å². The molecule has 0 unspecified atom stereocenters. The van der Waals surface area contributed by atoms with Gasteiger partial charge in [0.25, 0.3) is 0 Å². The van der Waals surface area contributed by atoms with E-state index in [9.17, 15) is 14.7 Å². The van der Waals surface area contributed by atoms with E-state index in [0.29, 0.717) is 12.8 Å². The maximum atomic E-state index is 11.7. The van der Waals surface area contributed by atoms with E-state index in [2.05, 4.69) is 4.74 Å². The molecule has 1 rings (SSSR count). The molecule has 0 fully saturated rings. The van der Waals surface area contributed by atoms with Crippen LogP contribution in [0.25, 0.3) is 0 Å². The van der Waals surface area contributed by atoms with E-state index in [-0.39, 0.29) is 34.5 Å². The lowest BCUT2D eigenvalue weighted by Gasteiger charge is -2.10. The molecule has 0 saturated heterocycles. The Morgan fingerprint density at radius 3 is 2.63 bits per heavy atom. The quantitative estimate of drug-likeness (QED) is 0.643. The highest BCUT2D eigenvalue weighted by Gasteiger charge is 2.15. The normalized spacial score (nSPS) is 10.1. The van der Waals surface area contributed by atoms with Crippen molar-refractivity contribution in [2.75, 3.05) is 13.7 Å². The molecule has 0 aliphatic heterocycles. The van der Waals surface area contributed by atoms with Gasteiger partial charge in [0.2, 0.25) is 0 Å². The fraction of sp³-hybridized carbons (Fsp3) is 0.385. The number of phenolic OH excluding ortho intramolecular Hbond substituents is 1. The van der Waals surface area contributed by atoms with E-state index in [0.717, 1.165) is 0 Å². The molecule has 104 valence electrons. The molecule has 5 nitrogen and oxygen atoms in total. The molecule has 0 aromatic heterocycles. The first-order valence-electron chi connectivity index (χ1n) is 5.74. The molecule has 0 radical (unpaired) electrons. The Morgan fingerprint density at radius 2 is 2.05 bits per heavy atom. The summed E-state index contributed by atoms with van der Waals surface area (Å²) in [6.07, 6.45) is 1.00. The number of rotatable bonds is 6. The number of aromatic hydroxyl groups is 1. The Bertz CT molecular complexity index is 484. The second-order valence-electron chi connectivity index (χ2n) is 3.84. The van der Waals surface area contributed by atoms with Gasteiger partial charge >= 0.3 is 5.97 Å². The number of hydrogen-bond donors (Lipinski definition) is 1. The molecule has 0 spiro atoms. The third-order valence-corrected chi connectivity index (χ3v) is 2.70. The van der Waals surface area contributed by atoms with Crippen LogP contribution in [-0.2, 0) is 9.53 Å². The Labute approximate surface area is 116 Å². The van der Waals surface area contributed by atoms with E-state index in [4.69, 9.17) is 16.3 Å². The summed E-state index contributed by atoms with van der Waals surface area (Å²) in [4.78, 5) is 22.6. The number of phenols is 1. The van der Waals surface area contributed by atoms with Crippen LogP contribution in [0.4, 0.5) is 0 Å². The van der Waals surface area contributed by atoms with Crippen LogP contribution in [0.15, 0.2) is 12.1 Å². The van der Waals surface area contributed by atoms with Gasteiger partial charge in [0.05, 0.1) is 17.7 Å². The van der Waals surface area contributed by atoms with Crippen LogP contribution in [0.2, 0.25) is 5.02 Å². The molecule has 0 amide bonds. The minimum Gasteiger partial charge on any atom is -0.507 e. The standard InChI is InChI=1S/C13H15ClO5/c1-3-4-10(15)8-5-9(14)12(6-11(8)16)19-7-13(17)18-2/h5-6,16H,3-4,7H2,1-2H3. The monoisotopic (exact) mass is 286 g/mol. The minimum absolute atomic E-state index is 0.123. The van der Waals surface area contributed by atoms with E-state index in [1.54, 1.807) is 0 Å². The summed E-state index contributed by atoms with van der Waals surface area (Å²) in [5.41, 5.74) is 0.150. The number of esters is 1. The van der Waals surface area contributed by atoms with Gasteiger partial charge in [-0.25, -0.2) is 4.79 Å². The van der Waals surface area contributed by atoms with Gasteiger partial charge in [0.15, 0.2) is 12.4 Å². The van der Waals surface area contributed by atoms with Crippen molar-refractivity contribution in [2.45, 2.75) is 19.8 Å². The van der Waals surface area contributed by atoms with E-state index >= 15 is 0 Å². The van der Waals surface area contributed by atoms with Crippen LogP contribution < -0.4 is 4.74 Å². The summed E-state index contributed by atoms with van der Waals surface area (Å²) in [6.45, 7) is 1.54. The van der Waals surface area contributed by atoms with E-state index < -0.39 is 5.97 Å². The smallest absolute Gasteiger partial charge is 0.343 e. The number of Topliss-reactive ketones (excluding diaryl/α,β-unsaturated/α-hetero) is 1. The molecule has 19 heavy (non-hydrogen) atoms. The number of halogens is 1. The van der Waals surface area contributed by atoms with Crippen molar-refractivity contribution in [3.63, 3.8) is 0 Å². The first kappa shape index (κ1) is 15.3. The number of ether oxygens (including phenoxy) is 2. The van der Waals surface area contributed by atoms with Crippen molar-refractivity contribution in [3.05, 3.63) is 22.7 Å². The molecule has 0 bridgehead atoms. The molecule has 1 aromatic rings. The molecule has 1 N–H and O–H groups in total. The zero-order valence-corrected chi connectivity index (χ0v) is 11.5. The summed E-state index contributed by atoms with van der Waals surface area (Å²) in [5, 5.41) is 9.91. The zero-order chi connectivity index (χ0) is 14.4. The second kappa shape index (κ2) is 6.99. The number of carbonyl (C=O) groups is 2. The molecular weight excluding hydrogens is 272 g/mol. The number of carbonyl (C=O) groups excluding carboxylic acids is 2. The first-order chi connectivity index (χ1) is 8.99. The van der Waals surface area contributed by atoms with Crippen molar-refractivity contribution in [1.82, 2.24) is 0 Å². The van der Waals surface area contributed by atoms with Gasteiger partial charge in [-0.3, -0.25) is 4.79 Å². The number of hydrogen-bond acceptors (Lipinski definition) is 5. The van der Waals surface area contributed by atoms with Gasteiger partial charge in [-0.2, -0.15) is 0 Å². The average molecular weight is 287 g/mol. The van der Waals surface area contributed by atoms with Crippen molar-refractivity contribution in [3.8, 4) is 11.5 Å². The molecule has 0 heterocycles. The van der Waals surface area contributed by atoms with Crippen LogP contribution in [0, 0.1) is 0 Å². The lowest BCUT2D eigenvalue weighted by atomic mass is 10.1. The highest BCUT2D eigenvalue weighted by Crippen LogP contribution is 2.32. The van der Waals surface area contributed by atoms with Crippen molar-refractivity contribution < 1.29 is 24.2 Å². The summed E-state index contributed by atoms with van der Waals surface area (Å²) in [5.74, 6) is -0.858. The predicted octanol–water partition coefficient (Wildman–Crippen LogP) is 2.58.